The molecule has 8 atom stereocenters. The Kier molecular flexibility index (Phi) is 9.87. The summed E-state index contributed by atoms with van der Waals surface area (Å²) >= 11 is 0. The number of ketones is 1. The fourth-order valence-electron chi connectivity index (χ4n) is 5.58. The summed E-state index contributed by atoms with van der Waals surface area (Å²) in [5, 5.41) is 0. The van der Waals surface area contributed by atoms with Crippen LogP contribution in [0.15, 0.2) is 23.8 Å². The van der Waals surface area contributed by atoms with Gasteiger partial charge in [-0.15, -0.1) is 0 Å². The maximum Gasteiger partial charge on any atom is 0.331 e. The molecule has 0 N–H and O–H groups in total. The third-order valence-electron chi connectivity index (χ3n) is 7.70. The van der Waals surface area contributed by atoms with Gasteiger partial charge < -0.3 is 14.2 Å². The first kappa shape index (κ1) is 28.8. The van der Waals surface area contributed by atoms with Crippen LogP contribution in [0, 0.1) is 35.5 Å². The van der Waals surface area contributed by atoms with Crippen molar-refractivity contribution in [3.05, 3.63) is 23.8 Å². The summed E-state index contributed by atoms with van der Waals surface area (Å²) in [6.45, 7) is 18.8. The van der Waals surface area contributed by atoms with Crippen molar-refractivity contribution in [3.8, 4) is 0 Å². The van der Waals surface area contributed by atoms with Gasteiger partial charge >= 0.3 is 17.9 Å². The lowest BCUT2D eigenvalue weighted by Gasteiger charge is -2.48. The number of carbonyl (C=O) groups is 4. The molecule has 0 spiro atoms. The Morgan fingerprint density at radius 1 is 1.09 bits per heavy atom. The average Bonchev–Trinajstić information content (AvgIpc) is 3.11. The molecular weight excluding hydrogens is 448 g/mol. The average molecular weight is 491 g/mol. The van der Waals surface area contributed by atoms with Crippen LogP contribution >= 0.6 is 0 Å². The highest BCUT2D eigenvalue weighted by atomic mass is 16.6. The van der Waals surface area contributed by atoms with Crippen LogP contribution in [0.5, 0.6) is 0 Å². The van der Waals surface area contributed by atoms with Crippen molar-refractivity contribution < 1.29 is 33.4 Å². The van der Waals surface area contributed by atoms with Gasteiger partial charge in [-0.05, 0) is 50.0 Å². The summed E-state index contributed by atoms with van der Waals surface area (Å²) in [4.78, 5) is 50.6. The highest BCUT2D eigenvalue weighted by molar-refractivity contribution is 5.86. The van der Waals surface area contributed by atoms with Crippen LogP contribution in [0.4, 0.5) is 0 Å². The molecule has 2 saturated carbocycles. The number of rotatable bonds is 9. The van der Waals surface area contributed by atoms with Gasteiger partial charge in [0, 0.05) is 25.3 Å². The molecule has 0 amide bonds. The Labute approximate surface area is 209 Å². The van der Waals surface area contributed by atoms with Gasteiger partial charge in [-0.25, -0.2) is 4.79 Å². The lowest BCUT2D eigenvalue weighted by atomic mass is 9.62. The number of fused-ring (bicyclic) bond motifs is 1. The largest absolute Gasteiger partial charge is 0.462 e. The first-order chi connectivity index (χ1) is 16.3. The molecule has 196 valence electrons. The molecule has 7 heteroatoms. The number of hydrogen-bond donors (Lipinski definition) is 0. The van der Waals surface area contributed by atoms with Gasteiger partial charge in [-0.1, -0.05) is 46.8 Å². The summed E-state index contributed by atoms with van der Waals surface area (Å²) in [6.07, 6.45) is 0.720. The molecule has 7 nitrogen and oxygen atoms in total. The van der Waals surface area contributed by atoms with E-state index in [0.717, 1.165) is 5.57 Å². The predicted octanol–water partition coefficient (Wildman–Crippen LogP) is 4.83. The first-order valence-corrected chi connectivity index (χ1v) is 12.8. The zero-order valence-electron chi connectivity index (χ0n) is 22.5. The van der Waals surface area contributed by atoms with E-state index >= 15 is 0 Å². The first-order valence-electron chi connectivity index (χ1n) is 12.8. The second-order valence-corrected chi connectivity index (χ2v) is 10.5. The summed E-state index contributed by atoms with van der Waals surface area (Å²) in [5.74, 6) is -3.02. The number of hydrogen-bond acceptors (Lipinski definition) is 7. The lowest BCUT2D eigenvalue weighted by Crippen LogP contribution is -2.55. The number of esters is 3. The number of ether oxygens (including phenoxy) is 3. The van der Waals surface area contributed by atoms with Crippen molar-refractivity contribution in [2.24, 2.45) is 35.5 Å². The topological polar surface area (TPSA) is 96.0 Å². The summed E-state index contributed by atoms with van der Waals surface area (Å²) < 4.78 is 17.4. The predicted molar refractivity (Wildman–Crippen MR) is 132 cm³/mol. The van der Waals surface area contributed by atoms with Gasteiger partial charge in [0.2, 0.25) is 0 Å². The van der Waals surface area contributed by atoms with Crippen molar-refractivity contribution in [3.63, 3.8) is 0 Å². The third kappa shape index (κ3) is 6.42. The number of allylic oxidation sites excluding steroid dienone is 1. The van der Waals surface area contributed by atoms with Crippen LogP contribution in [0.25, 0.3) is 0 Å². The number of Topliss-reactive ketones (excluding diaryl/α,β-unsaturated/α-hetero) is 1. The highest BCUT2D eigenvalue weighted by Crippen LogP contribution is 2.54. The zero-order chi connectivity index (χ0) is 26.6. The molecule has 0 saturated heterocycles. The van der Waals surface area contributed by atoms with Crippen molar-refractivity contribution in [1.29, 1.82) is 0 Å². The SMILES string of the molecule is C=C1[C@@H]2CC(=O)[C@H]([C@@H](C)OC(C)=O)[C@H]2[C@H](C(C)C)[C@@H](OC(=O)[C@@H](C)CC)[C@H]1OC(=O)/C=C(\C)CC. The fourth-order valence-corrected chi connectivity index (χ4v) is 5.58. The van der Waals surface area contributed by atoms with E-state index in [0.29, 0.717) is 18.4 Å². The molecule has 0 unspecified atom stereocenters. The minimum Gasteiger partial charge on any atom is -0.462 e. The third-order valence-corrected chi connectivity index (χ3v) is 7.70. The van der Waals surface area contributed by atoms with E-state index in [1.165, 1.54) is 13.0 Å². The minimum absolute atomic E-state index is 0.00242. The van der Waals surface area contributed by atoms with E-state index in [4.69, 9.17) is 14.2 Å². The lowest BCUT2D eigenvalue weighted by molar-refractivity contribution is -0.182. The second-order valence-electron chi connectivity index (χ2n) is 10.5. The Morgan fingerprint density at radius 3 is 2.23 bits per heavy atom. The zero-order valence-corrected chi connectivity index (χ0v) is 22.5. The van der Waals surface area contributed by atoms with Gasteiger partial charge in [-0.2, -0.15) is 0 Å². The van der Waals surface area contributed by atoms with E-state index in [2.05, 4.69) is 6.58 Å². The maximum absolute atomic E-state index is 13.2. The molecule has 0 aromatic carbocycles. The Hall–Kier alpha value is -2.44. The molecule has 35 heavy (non-hydrogen) atoms. The molecule has 2 fully saturated rings. The van der Waals surface area contributed by atoms with Gasteiger partial charge in [0.15, 0.2) is 6.10 Å². The molecule has 0 bridgehead atoms. The van der Waals surface area contributed by atoms with E-state index < -0.39 is 36.2 Å². The summed E-state index contributed by atoms with van der Waals surface area (Å²) in [7, 11) is 0. The fraction of sp³-hybridized carbons (Fsp3) is 0.714. The molecule has 0 heterocycles. The van der Waals surface area contributed by atoms with Crippen molar-refractivity contribution in [2.45, 2.75) is 93.0 Å². The minimum atomic E-state index is -0.861. The number of carbonyl (C=O) groups excluding carboxylic acids is 4. The van der Waals surface area contributed by atoms with Gasteiger partial charge in [0.25, 0.3) is 0 Å². The molecule has 0 aromatic rings. The van der Waals surface area contributed by atoms with Crippen molar-refractivity contribution >= 4 is 23.7 Å². The van der Waals surface area contributed by atoms with E-state index in [1.54, 1.807) is 13.8 Å². The van der Waals surface area contributed by atoms with E-state index in [-0.39, 0.29) is 47.8 Å². The van der Waals surface area contributed by atoms with E-state index in [9.17, 15) is 19.2 Å². The summed E-state index contributed by atoms with van der Waals surface area (Å²) in [5.41, 5.74) is 1.45. The van der Waals surface area contributed by atoms with Crippen molar-refractivity contribution in [1.82, 2.24) is 0 Å². The smallest absolute Gasteiger partial charge is 0.331 e. The van der Waals surface area contributed by atoms with Crippen LogP contribution in [0.3, 0.4) is 0 Å². The van der Waals surface area contributed by atoms with E-state index in [1.807, 2.05) is 34.6 Å². The second kappa shape index (κ2) is 12.0. The molecular formula is C28H42O7. The van der Waals surface area contributed by atoms with Gasteiger partial charge in [0.1, 0.15) is 18.0 Å². The molecule has 0 radical (unpaired) electrons. The molecule has 2 rings (SSSR count). The van der Waals surface area contributed by atoms with Crippen LogP contribution in [0.1, 0.15) is 74.7 Å². The Morgan fingerprint density at radius 2 is 1.71 bits per heavy atom. The molecule has 0 aliphatic heterocycles. The van der Waals surface area contributed by atoms with Crippen LogP contribution < -0.4 is 0 Å². The van der Waals surface area contributed by atoms with Crippen LogP contribution in [-0.2, 0) is 33.4 Å². The normalized spacial score (nSPS) is 30.5. The van der Waals surface area contributed by atoms with Gasteiger partial charge in [0.05, 0.1) is 11.8 Å². The van der Waals surface area contributed by atoms with Crippen LogP contribution in [0.2, 0.25) is 0 Å². The van der Waals surface area contributed by atoms with Crippen molar-refractivity contribution in [2.75, 3.05) is 0 Å². The van der Waals surface area contributed by atoms with Gasteiger partial charge in [-0.3, -0.25) is 14.4 Å². The molecule has 2 aliphatic rings. The molecule has 0 aromatic heterocycles. The standard InChI is InChI=1S/C28H42O7/c1-10-15(5)12-22(31)34-26-17(7)20-13-21(30)24(18(8)33-19(9)29)25(20)23(14(3)4)27(26)35-28(32)16(6)11-2/h12,14,16,18,20,23-27H,7,10-11,13H2,1-6,8-9H3/b15-12+/t16-,18+,20-,23-,24-,25+,26-,27+/m0/s1. The summed E-state index contributed by atoms with van der Waals surface area (Å²) in [6, 6.07) is 0. The Bertz CT molecular complexity index is 871. The maximum atomic E-state index is 13.2. The molecule has 2 aliphatic carbocycles. The van der Waals surface area contributed by atoms with Crippen LogP contribution in [-0.4, -0.2) is 42.0 Å². The highest BCUT2D eigenvalue weighted by Gasteiger charge is 2.59. The Balaban J connectivity index is 2.55. The monoisotopic (exact) mass is 490 g/mol. The quantitative estimate of drug-likeness (QED) is 0.198.